The second-order valence-electron chi connectivity index (χ2n) is 8.58. The van der Waals surface area contributed by atoms with E-state index in [4.69, 9.17) is 9.47 Å². The first-order chi connectivity index (χ1) is 16.4. The summed E-state index contributed by atoms with van der Waals surface area (Å²) >= 11 is 0. The largest absolute Gasteiger partial charge is 0.507 e. The highest BCUT2D eigenvalue weighted by atomic mass is 19.2. The molecule has 2 aromatic rings. The molecule has 1 amide bonds. The maximum absolute atomic E-state index is 14.3. The molecule has 1 unspecified atom stereocenters. The van der Waals surface area contributed by atoms with Gasteiger partial charge in [0.15, 0.2) is 29.0 Å². The third kappa shape index (κ3) is 3.48. The van der Waals surface area contributed by atoms with Crippen LogP contribution in [0.5, 0.6) is 17.2 Å². The predicted molar refractivity (Wildman–Crippen MR) is 117 cm³/mol. The van der Waals surface area contributed by atoms with Crippen molar-refractivity contribution in [2.24, 2.45) is 5.92 Å². The van der Waals surface area contributed by atoms with Gasteiger partial charge < -0.3 is 19.9 Å². The summed E-state index contributed by atoms with van der Waals surface area (Å²) in [6.07, 6.45) is 1.01. The van der Waals surface area contributed by atoms with E-state index in [-0.39, 0.29) is 46.1 Å². The highest BCUT2D eigenvalue weighted by molar-refractivity contribution is 6.27. The summed E-state index contributed by atoms with van der Waals surface area (Å²) in [5.41, 5.74) is -2.05. The Morgan fingerprint density at radius 3 is 2.54 bits per heavy atom. The van der Waals surface area contributed by atoms with Gasteiger partial charge in [0.1, 0.15) is 39.9 Å². The van der Waals surface area contributed by atoms with E-state index >= 15 is 0 Å². The second kappa shape index (κ2) is 8.30. The van der Waals surface area contributed by atoms with Crippen molar-refractivity contribution in [2.45, 2.75) is 32.7 Å². The molecule has 0 fully saturated rings. The molecule has 2 aliphatic rings. The zero-order valence-electron chi connectivity index (χ0n) is 19.2. The van der Waals surface area contributed by atoms with Crippen LogP contribution in [0.15, 0.2) is 30.0 Å². The Morgan fingerprint density at radius 1 is 1.23 bits per heavy atom. The number of carbonyl (C=O) groups is 4. The molecule has 4 rings (SSSR count). The third-order valence-corrected chi connectivity index (χ3v) is 6.39. The quantitative estimate of drug-likeness (QED) is 0.625. The molecule has 2 atom stereocenters. The zero-order valence-corrected chi connectivity index (χ0v) is 19.2. The number of nitrogens with one attached hydrogen (secondary N) is 1. The Hall–Kier alpha value is -4.08. The molecule has 0 saturated heterocycles. The highest BCUT2D eigenvalue weighted by Crippen LogP contribution is 2.56. The molecule has 182 valence electrons. The first-order valence-corrected chi connectivity index (χ1v) is 10.6. The van der Waals surface area contributed by atoms with E-state index in [1.807, 2.05) is 0 Å². The highest BCUT2D eigenvalue weighted by Gasteiger charge is 2.58. The fraction of sp³-hybridized carbons (Fsp3) is 0.280. The van der Waals surface area contributed by atoms with Crippen molar-refractivity contribution in [1.82, 2.24) is 5.32 Å². The van der Waals surface area contributed by atoms with Crippen molar-refractivity contribution in [3.63, 3.8) is 0 Å². The van der Waals surface area contributed by atoms with Crippen molar-refractivity contribution >= 4 is 23.3 Å². The summed E-state index contributed by atoms with van der Waals surface area (Å²) in [6.45, 7) is 3.51. The van der Waals surface area contributed by atoms with Gasteiger partial charge in [-0.15, -0.1) is 0 Å². The molecule has 0 radical (unpaired) electrons. The van der Waals surface area contributed by atoms with Crippen LogP contribution < -0.4 is 14.8 Å². The average molecular weight is 485 g/mol. The molecule has 0 bridgehead atoms. The minimum atomic E-state index is -1.71. The smallest absolute Gasteiger partial charge is 0.259 e. The Balaban J connectivity index is 1.79. The summed E-state index contributed by atoms with van der Waals surface area (Å²) in [4.78, 5) is 50.8. The number of hydrogen-bond donors (Lipinski definition) is 2. The van der Waals surface area contributed by atoms with Crippen molar-refractivity contribution < 1.29 is 42.5 Å². The number of carbonyl (C=O) groups excluding carboxylic acids is 4. The Kier molecular flexibility index (Phi) is 5.70. The lowest BCUT2D eigenvalue weighted by atomic mass is 9.67. The molecule has 1 aliphatic heterocycles. The summed E-state index contributed by atoms with van der Waals surface area (Å²) < 4.78 is 39.1. The molecular weight excluding hydrogens is 464 g/mol. The summed E-state index contributed by atoms with van der Waals surface area (Å²) in [6, 6.07) is 3.80. The summed E-state index contributed by atoms with van der Waals surface area (Å²) in [5.74, 6) is -7.73. The van der Waals surface area contributed by atoms with E-state index in [1.54, 1.807) is 0 Å². The third-order valence-electron chi connectivity index (χ3n) is 6.39. The second-order valence-corrected chi connectivity index (χ2v) is 8.58. The molecule has 35 heavy (non-hydrogen) atoms. The van der Waals surface area contributed by atoms with Crippen LogP contribution in [0.25, 0.3) is 0 Å². The van der Waals surface area contributed by atoms with E-state index in [0.717, 1.165) is 19.1 Å². The molecule has 0 aromatic heterocycles. The molecule has 0 saturated carbocycles. The number of fused-ring (bicyclic) bond motifs is 3. The summed E-state index contributed by atoms with van der Waals surface area (Å²) in [5, 5.41) is 13.2. The lowest BCUT2D eigenvalue weighted by Crippen LogP contribution is -2.47. The standard InChI is InChI=1S/C25H21F2NO7/c1-10-5-6-12(21(27)20(10)26)9-28-24(33)18-15(34-4)7-14(31)19-22(18)35-16-8-13(30)17(11(2)29)23(32)25(16,19)3/h5-8,17,31H,9H2,1-4H3,(H,28,33)/t17?,25-/m1/s1. The van der Waals surface area contributed by atoms with Crippen LogP contribution in [-0.4, -0.2) is 35.5 Å². The van der Waals surface area contributed by atoms with Gasteiger partial charge in [0.2, 0.25) is 0 Å². The normalized spacial score (nSPS) is 20.5. The number of halogens is 2. The Bertz CT molecular complexity index is 1360. The van der Waals surface area contributed by atoms with Gasteiger partial charge in [0.25, 0.3) is 5.91 Å². The van der Waals surface area contributed by atoms with Crippen LogP contribution in [0, 0.1) is 24.5 Å². The van der Waals surface area contributed by atoms with Gasteiger partial charge in [-0.05, 0) is 26.3 Å². The number of allylic oxidation sites excluding steroid dienone is 2. The molecule has 10 heteroatoms. The van der Waals surface area contributed by atoms with Crippen LogP contribution in [0.3, 0.4) is 0 Å². The van der Waals surface area contributed by atoms with E-state index in [0.29, 0.717) is 0 Å². The lowest BCUT2D eigenvalue weighted by Gasteiger charge is -2.30. The number of rotatable bonds is 5. The van der Waals surface area contributed by atoms with E-state index < -0.39 is 52.0 Å². The SMILES string of the molecule is COc1cc(O)c2c(c1C(=O)NCc1ccc(C)c(F)c1F)OC1=CC(=O)C(C(C)=O)C(=O)[C@]12C. The molecule has 8 nitrogen and oxygen atoms in total. The van der Waals surface area contributed by atoms with E-state index in [9.17, 15) is 33.1 Å². The fourth-order valence-corrected chi connectivity index (χ4v) is 4.44. The van der Waals surface area contributed by atoms with Crippen molar-refractivity contribution in [3.8, 4) is 17.2 Å². The number of Topliss-reactive ketones (excluding diaryl/α,β-unsaturated/α-hetero) is 2. The zero-order chi connectivity index (χ0) is 25.8. The van der Waals surface area contributed by atoms with Crippen LogP contribution in [0.2, 0.25) is 0 Å². The van der Waals surface area contributed by atoms with Gasteiger partial charge in [-0.3, -0.25) is 19.2 Å². The van der Waals surface area contributed by atoms with Crippen LogP contribution >= 0.6 is 0 Å². The molecule has 2 aromatic carbocycles. The maximum Gasteiger partial charge on any atom is 0.259 e. The average Bonchev–Trinajstić information content (AvgIpc) is 3.10. The van der Waals surface area contributed by atoms with Gasteiger partial charge >= 0.3 is 0 Å². The number of phenols is 1. The first-order valence-electron chi connectivity index (χ1n) is 10.6. The molecular formula is C25H21F2NO7. The monoisotopic (exact) mass is 485 g/mol. The number of phenolic OH excluding ortho intramolecular Hbond substituents is 1. The summed E-state index contributed by atoms with van der Waals surface area (Å²) in [7, 11) is 1.23. The van der Waals surface area contributed by atoms with Gasteiger partial charge in [-0.25, -0.2) is 8.78 Å². The molecule has 2 N–H and O–H groups in total. The molecule has 0 spiro atoms. The number of hydrogen-bond acceptors (Lipinski definition) is 7. The van der Waals surface area contributed by atoms with Crippen molar-refractivity contribution in [2.75, 3.05) is 7.11 Å². The number of benzene rings is 2. The maximum atomic E-state index is 14.3. The number of aryl methyl sites for hydroxylation is 1. The number of amides is 1. The van der Waals surface area contributed by atoms with Gasteiger partial charge in [0, 0.05) is 24.3 Å². The molecule has 1 heterocycles. The predicted octanol–water partition coefficient (Wildman–Crippen LogP) is 2.81. The van der Waals surface area contributed by atoms with Gasteiger partial charge in [-0.1, -0.05) is 12.1 Å². The number of methoxy groups -OCH3 is 1. The van der Waals surface area contributed by atoms with Crippen LogP contribution in [0.1, 0.15) is 40.9 Å². The minimum absolute atomic E-state index is 0.106. The Morgan fingerprint density at radius 2 is 1.91 bits per heavy atom. The Labute approximate surface area is 198 Å². The minimum Gasteiger partial charge on any atom is -0.507 e. The topological polar surface area (TPSA) is 119 Å². The van der Waals surface area contributed by atoms with Crippen LogP contribution in [0.4, 0.5) is 8.78 Å². The fourth-order valence-electron chi connectivity index (χ4n) is 4.44. The van der Waals surface area contributed by atoms with Crippen LogP contribution in [-0.2, 0) is 26.3 Å². The van der Waals surface area contributed by atoms with E-state index in [1.165, 1.54) is 33.1 Å². The number of aromatic hydroxyl groups is 1. The molecule has 1 aliphatic carbocycles. The van der Waals surface area contributed by atoms with Crippen molar-refractivity contribution in [1.29, 1.82) is 0 Å². The van der Waals surface area contributed by atoms with Gasteiger partial charge in [0.05, 0.1) is 12.7 Å². The lowest BCUT2D eigenvalue weighted by molar-refractivity contribution is -0.140. The van der Waals surface area contributed by atoms with Gasteiger partial charge in [-0.2, -0.15) is 0 Å². The van der Waals surface area contributed by atoms with Crippen molar-refractivity contribution in [3.05, 3.63) is 63.9 Å². The van der Waals surface area contributed by atoms with E-state index in [2.05, 4.69) is 5.32 Å². The number of ketones is 3. The first kappa shape index (κ1) is 24.1. The number of ether oxygens (including phenoxy) is 2.